The molecule has 0 spiro atoms. The minimum absolute atomic E-state index is 0. The largest absolute Gasteiger partial charge is 0.358 e. The van der Waals surface area contributed by atoms with Crippen molar-refractivity contribution >= 4 is 24.2 Å². The van der Waals surface area contributed by atoms with Crippen molar-refractivity contribution in [1.82, 2.24) is 16.0 Å². The van der Waals surface area contributed by atoms with E-state index in [9.17, 15) is 9.59 Å². The Hall–Kier alpha value is -0.810. The third kappa shape index (κ3) is 6.21. The summed E-state index contributed by atoms with van der Waals surface area (Å²) in [7, 11) is 1.56. The van der Waals surface area contributed by atoms with Gasteiger partial charge in [-0.05, 0) is 37.8 Å². The molecule has 3 N–H and O–H groups in total. The van der Waals surface area contributed by atoms with Crippen LogP contribution in [0.2, 0.25) is 0 Å². The zero-order valence-corrected chi connectivity index (χ0v) is 11.9. The van der Waals surface area contributed by atoms with Crippen molar-refractivity contribution in [3.63, 3.8) is 0 Å². The lowest BCUT2D eigenvalue weighted by atomic mass is 9.85. The summed E-state index contributed by atoms with van der Waals surface area (Å²) < 4.78 is 0. The summed E-state index contributed by atoms with van der Waals surface area (Å²) in [6, 6.07) is 0. The fourth-order valence-corrected chi connectivity index (χ4v) is 2.16. The average molecular weight is 278 g/mol. The Bertz CT molecular complexity index is 268. The zero-order valence-electron chi connectivity index (χ0n) is 11.1. The summed E-state index contributed by atoms with van der Waals surface area (Å²) in [6.45, 7) is 4.28. The molecule has 18 heavy (non-hydrogen) atoms. The van der Waals surface area contributed by atoms with Crippen molar-refractivity contribution in [1.29, 1.82) is 0 Å². The summed E-state index contributed by atoms with van der Waals surface area (Å²) in [6.07, 6.45) is 2.88. The molecular weight excluding hydrogens is 254 g/mol. The van der Waals surface area contributed by atoms with Crippen LogP contribution in [0.4, 0.5) is 0 Å². The van der Waals surface area contributed by atoms with Crippen molar-refractivity contribution in [3.05, 3.63) is 0 Å². The van der Waals surface area contributed by atoms with Crippen LogP contribution in [0.15, 0.2) is 0 Å². The molecule has 6 heteroatoms. The lowest BCUT2D eigenvalue weighted by Crippen LogP contribution is -2.38. The van der Waals surface area contributed by atoms with Crippen molar-refractivity contribution in [2.45, 2.75) is 26.2 Å². The molecule has 2 atom stereocenters. The maximum atomic E-state index is 11.6. The van der Waals surface area contributed by atoms with Gasteiger partial charge < -0.3 is 16.0 Å². The maximum absolute atomic E-state index is 11.6. The van der Waals surface area contributed by atoms with Crippen LogP contribution in [-0.4, -0.2) is 38.5 Å². The van der Waals surface area contributed by atoms with E-state index in [0.29, 0.717) is 18.3 Å². The summed E-state index contributed by atoms with van der Waals surface area (Å²) in [5.74, 6) is 0.749. The zero-order chi connectivity index (χ0) is 12.7. The summed E-state index contributed by atoms with van der Waals surface area (Å²) in [4.78, 5) is 22.6. The highest BCUT2D eigenvalue weighted by Gasteiger charge is 2.21. The summed E-state index contributed by atoms with van der Waals surface area (Å²) in [5.41, 5.74) is 0. The Morgan fingerprint density at radius 2 is 2.11 bits per heavy atom. The molecule has 1 fully saturated rings. The minimum atomic E-state index is -0.162. The highest BCUT2D eigenvalue weighted by atomic mass is 35.5. The molecule has 106 valence electrons. The maximum Gasteiger partial charge on any atom is 0.239 e. The minimum Gasteiger partial charge on any atom is -0.358 e. The number of amides is 2. The Kier molecular flexibility index (Phi) is 8.75. The number of hydrogen-bond acceptors (Lipinski definition) is 3. The SMILES string of the molecule is CNC(=O)CNC(=O)CC(C)C1CCCNC1.Cl. The van der Waals surface area contributed by atoms with Crippen molar-refractivity contribution in [2.75, 3.05) is 26.7 Å². The summed E-state index contributed by atoms with van der Waals surface area (Å²) in [5, 5.41) is 8.46. The van der Waals surface area contributed by atoms with E-state index in [0.717, 1.165) is 13.1 Å². The highest BCUT2D eigenvalue weighted by molar-refractivity contribution is 5.85. The molecule has 5 nitrogen and oxygen atoms in total. The Morgan fingerprint density at radius 1 is 1.39 bits per heavy atom. The highest BCUT2D eigenvalue weighted by Crippen LogP contribution is 2.22. The molecule has 0 aromatic carbocycles. The number of nitrogens with one attached hydrogen (secondary N) is 3. The predicted octanol–water partition coefficient (Wildman–Crippen LogP) is 0.296. The molecule has 0 aromatic rings. The van der Waals surface area contributed by atoms with Gasteiger partial charge in [0.25, 0.3) is 0 Å². The van der Waals surface area contributed by atoms with Gasteiger partial charge in [-0.15, -0.1) is 12.4 Å². The van der Waals surface area contributed by atoms with E-state index < -0.39 is 0 Å². The standard InChI is InChI=1S/C12H23N3O2.ClH/c1-9(10-4-3-5-14-7-10)6-11(16)15-8-12(17)13-2;/h9-10,14H,3-8H2,1-2H3,(H,13,17)(H,15,16);1H. The number of carbonyl (C=O) groups is 2. The Balaban J connectivity index is 0.00000289. The normalized spacial score (nSPS) is 20.4. The molecule has 0 saturated carbocycles. The Labute approximate surface area is 115 Å². The first-order valence-corrected chi connectivity index (χ1v) is 6.31. The molecule has 1 rings (SSSR count). The average Bonchev–Trinajstić information content (AvgIpc) is 2.36. The lowest BCUT2D eigenvalue weighted by Gasteiger charge is -2.27. The first-order chi connectivity index (χ1) is 8.13. The molecule has 1 aliphatic rings. The van der Waals surface area contributed by atoms with Crippen LogP contribution in [-0.2, 0) is 9.59 Å². The molecule has 2 unspecified atom stereocenters. The smallest absolute Gasteiger partial charge is 0.239 e. The fraction of sp³-hybridized carbons (Fsp3) is 0.833. The van der Waals surface area contributed by atoms with E-state index in [1.807, 2.05) is 0 Å². The monoisotopic (exact) mass is 277 g/mol. The van der Waals surface area contributed by atoms with Gasteiger partial charge in [-0.25, -0.2) is 0 Å². The van der Waals surface area contributed by atoms with E-state index in [2.05, 4.69) is 22.9 Å². The van der Waals surface area contributed by atoms with Crippen molar-refractivity contribution < 1.29 is 9.59 Å². The Morgan fingerprint density at radius 3 is 2.67 bits per heavy atom. The van der Waals surface area contributed by atoms with Crippen LogP contribution in [0.3, 0.4) is 0 Å². The topological polar surface area (TPSA) is 70.2 Å². The quantitative estimate of drug-likeness (QED) is 0.677. The van der Waals surface area contributed by atoms with Crippen LogP contribution in [0.5, 0.6) is 0 Å². The van der Waals surface area contributed by atoms with Crippen molar-refractivity contribution in [3.8, 4) is 0 Å². The number of halogens is 1. The number of hydrogen-bond donors (Lipinski definition) is 3. The van der Waals surface area contributed by atoms with E-state index in [1.165, 1.54) is 12.8 Å². The van der Waals surface area contributed by atoms with Crippen LogP contribution in [0.1, 0.15) is 26.2 Å². The number of piperidine rings is 1. The van der Waals surface area contributed by atoms with Gasteiger partial charge in [-0.1, -0.05) is 6.92 Å². The van der Waals surface area contributed by atoms with E-state index >= 15 is 0 Å². The van der Waals surface area contributed by atoms with Gasteiger partial charge in [0.05, 0.1) is 6.54 Å². The van der Waals surface area contributed by atoms with Crippen LogP contribution < -0.4 is 16.0 Å². The predicted molar refractivity (Wildman–Crippen MR) is 73.7 cm³/mol. The lowest BCUT2D eigenvalue weighted by molar-refractivity contribution is -0.126. The first-order valence-electron chi connectivity index (χ1n) is 6.31. The molecule has 0 bridgehead atoms. The molecular formula is C12H24ClN3O2. The second kappa shape index (κ2) is 9.16. The molecule has 2 amide bonds. The molecule has 1 saturated heterocycles. The van der Waals surface area contributed by atoms with Gasteiger partial charge in [-0.2, -0.15) is 0 Å². The van der Waals surface area contributed by atoms with Gasteiger partial charge in [0.15, 0.2) is 0 Å². The second-order valence-corrected chi connectivity index (χ2v) is 4.74. The third-order valence-electron chi connectivity index (χ3n) is 3.37. The third-order valence-corrected chi connectivity index (χ3v) is 3.37. The first kappa shape index (κ1) is 17.2. The van der Waals surface area contributed by atoms with Gasteiger partial charge in [0.2, 0.25) is 11.8 Å². The number of rotatable bonds is 5. The fourth-order valence-electron chi connectivity index (χ4n) is 2.16. The van der Waals surface area contributed by atoms with E-state index in [1.54, 1.807) is 7.05 Å². The van der Waals surface area contributed by atoms with Crippen molar-refractivity contribution in [2.24, 2.45) is 11.8 Å². The van der Waals surface area contributed by atoms with Crippen LogP contribution in [0, 0.1) is 11.8 Å². The van der Waals surface area contributed by atoms with Gasteiger partial charge in [0, 0.05) is 13.5 Å². The molecule has 0 aromatic heterocycles. The van der Waals surface area contributed by atoms with E-state index in [-0.39, 0.29) is 30.8 Å². The van der Waals surface area contributed by atoms with Gasteiger partial charge in [0.1, 0.15) is 0 Å². The van der Waals surface area contributed by atoms with Gasteiger partial charge in [-0.3, -0.25) is 9.59 Å². The van der Waals surface area contributed by atoms with E-state index in [4.69, 9.17) is 0 Å². The van der Waals surface area contributed by atoms with Crippen LogP contribution in [0.25, 0.3) is 0 Å². The van der Waals surface area contributed by atoms with Crippen LogP contribution >= 0.6 is 12.4 Å². The van der Waals surface area contributed by atoms with Gasteiger partial charge >= 0.3 is 0 Å². The summed E-state index contributed by atoms with van der Waals surface area (Å²) >= 11 is 0. The second-order valence-electron chi connectivity index (χ2n) is 4.74. The number of carbonyl (C=O) groups excluding carboxylic acids is 2. The number of likely N-dealkylation sites (N-methyl/N-ethyl adjacent to an activating group) is 1. The molecule has 0 radical (unpaired) electrons. The molecule has 1 aliphatic heterocycles. The molecule has 0 aliphatic carbocycles. The molecule has 1 heterocycles.